The van der Waals surface area contributed by atoms with Crippen molar-refractivity contribution in [2.45, 2.75) is 16.2 Å². The quantitative estimate of drug-likeness (QED) is 0.518. The zero-order valence-corrected chi connectivity index (χ0v) is 15.7. The number of hydrogen-bond donors (Lipinski definition) is 2. The van der Waals surface area contributed by atoms with Crippen molar-refractivity contribution in [2.24, 2.45) is 5.73 Å². The van der Waals surface area contributed by atoms with Crippen LogP contribution in [0.25, 0.3) is 22.2 Å². The lowest BCUT2D eigenvalue weighted by atomic mass is 10.1. The Balaban J connectivity index is 1.58. The molecule has 3 heterocycles. The molecule has 134 valence electrons. The normalized spacial score (nSPS) is 12.9. The lowest BCUT2D eigenvalue weighted by Crippen LogP contribution is -2.23. The van der Waals surface area contributed by atoms with Gasteiger partial charge in [-0.15, -0.1) is 0 Å². The molecule has 4 aromatic rings. The van der Waals surface area contributed by atoms with Gasteiger partial charge in [-0.2, -0.15) is 0 Å². The molecule has 0 atom stereocenters. The van der Waals surface area contributed by atoms with Gasteiger partial charge in [0, 0.05) is 40.4 Å². The summed E-state index contributed by atoms with van der Waals surface area (Å²) in [5.74, 6) is 0. The van der Waals surface area contributed by atoms with Crippen LogP contribution in [0.4, 0.5) is 11.4 Å². The Morgan fingerprint density at radius 1 is 1.00 bits per heavy atom. The molecule has 5 heteroatoms. The highest BCUT2D eigenvalue weighted by Crippen LogP contribution is 2.48. The second-order valence-electron chi connectivity index (χ2n) is 6.69. The molecule has 1 aliphatic heterocycles. The molecule has 5 rings (SSSR count). The first kappa shape index (κ1) is 16.4. The van der Waals surface area contributed by atoms with Crippen LogP contribution in [0.15, 0.2) is 76.8 Å². The minimum absolute atomic E-state index is 0.687. The van der Waals surface area contributed by atoms with Gasteiger partial charge in [-0.1, -0.05) is 36.0 Å². The van der Waals surface area contributed by atoms with Crippen molar-refractivity contribution >= 4 is 34.0 Å². The SMILES string of the molecule is NCCCN1c2ccncc2Sc2cc(-c3cc4ccccc4[nH]3)ccc21. The molecule has 0 unspecified atom stereocenters. The van der Waals surface area contributed by atoms with E-state index in [9.17, 15) is 0 Å². The van der Waals surface area contributed by atoms with E-state index in [0.29, 0.717) is 6.54 Å². The number of anilines is 2. The second kappa shape index (κ2) is 6.76. The van der Waals surface area contributed by atoms with Crippen molar-refractivity contribution in [1.82, 2.24) is 9.97 Å². The van der Waals surface area contributed by atoms with E-state index in [1.165, 1.54) is 32.1 Å². The highest BCUT2D eigenvalue weighted by atomic mass is 32.2. The van der Waals surface area contributed by atoms with Crippen LogP contribution >= 0.6 is 11.8 Å². The molecule has 1 aliphatic rings. The summed E-state index contributed by atoms with van der Waals surface area (Å²) in [7, 11) is 0. The van der Waals surface area contributed by atoms with Crippen molar-refractivity contribution in [3.63, 3.8) is 0 Å². The summed E-state index contributed by atoms with van der Waals surface area (Å²) >= 11 is 1.79. The van der Waals surface area contributed by atoms with Crippen LogP contribution in [-0.4, -0.2) is 23.1 Å². The zero-order chi connectivity index (χ0) is 18.2. The Bertz CT molecular complexity index is 1090. The molecule has 27 heavy (non-hydrogen) atoms. The molecule has 0 saturated carbocycles. The largest absolute Gasteiger partial charge is 0.355 e. The van der Waals surface area contributed by atoms with Gasteiger partial charge in [-0.25, -0.2) is 0 Å². The maximum atomic E-state index is 5.77. The molecule has 2 aromatic heterocycles. The van der Waals surface area contributed by atoms with E-state index in [1.807, 2.05) is 12.4 Å². The number of para-hydroxylation sites is 1. The van der Waals surface area contributed by atoms with Crippen LogP contribution in [0.3, 0.4) is 0 Å². The van der Waals surface area contributed by atoms with E-state index in [-0.39, 0.29) is 0 Å². The Labute approximate surface area is 162 Å². The summed E-state index contributed by atoms with van der Waals surface area (Å²) in [5.41, 5.74) is 11.7. The molecular weight excluding hydrogens is 352 g/mol. The Kier molecular flexibility index (Phi) is 4.11. The predicted octanol–water partition coefficient (Wildman–Crippen LogP) is 5.18. The minimum Gasteiger partial charge on any atom is -0.355 e. The lowest BCUT2D eigenvalue weighted by molar-refractivity contribution is 0.805. The van der Waals surface area contributed by atoms with E-state index < -0.39 is 0 Å². The average Bonchev–Trinajstić information content (AvgIpc) is 3.15. The maximum Gasteiger partial charge on any atom is 0.0584 e. The first-order valence-electron chi connectivity index (χ1n) is 9.15. The third kappa shape index (κ3) is 2.89. The number of pyridine rings is 1. The molecule has 0 fully saturated rings. The molecular formula is C22H20N4S. The molecule has 3 N–H and O–H groups in total. The minimum atomic E-state index is 0.687. The van der Waals surface area contributed by atoms with Crippen molar-refractivity contribution in [3.8, 4) is 11.3 Å². The average molecular weight is 372 g/mol. The van der Waals surface area contributed by atoms with Gasteiger partial charge in [-0.3, -0.25) is 4.98 Å². The van der Waals surface area contributed by atoms with Gasteiger partial charge < -0.3 is 15.6 Å². The first-order chi connectivity index (χ1) is 13.3. The van der Waals surface area contributed by atoms with Crippen LogP contribution < -0.4 is 10.6 Å². The van der Waals surface area contributed by atoms with E-state index in [2.05, 4.69) is 69.5 Å². The number of fused-ring (bicyclic) bond motifs is 3. The maximum absolute atomic E-state index is 5.77. The van der Waals surface area contributed by atoms with Crippen LogP contribution in [0.2, 0.25) is 0 Å². The third-order valence-corrected chi connectivity index (χ3v) is 6.03. The molecule has 0 spiro atoms. The van der Waals surface area contributed by atoms with E-state index in [4.69, 9.17) is 5.73 Å². The Morgan fingerprint density at radius 2 is 1.89 bits per heavy atom. The van der Waals surface area contributed by atoms with Gasteiger partial charge in [0.2, 0.25) is 0 Å². The van der Waals surface area contributed by atoms with E-state index in [1.54, 1.807) is 11.8 Å². The number of nitrogens with one attached hydrogen (secondary N) is 1. The monoisotopic (exact) mass is 372 g/mol. The Hall–Kier alpha value is -2.76. The molecule has 0 saturated heterocycles. The van der Waals surface area contributed by atoms with Crippen LogP contribution in [-0.2, 0) is 0 Å². The van der Waals surface area contributed by atoms with Gasteiger partial charge in [-0.05, 0) is 48.9 Å². The number of aromatic nitrogens is 2. The molecule has 4 nitrogen and oxygen atoms in total. The summed E-state index contributed by atoms with van der Waals surface area (Å²) in [4.78, 5) is 12.7. The zero-order valence-electron chi connectivity index (χ0n) is 14.9. The summed E-state index contributed by atoms with van der Waals surface area (Å²) < 4.78 is 0. The van der Waals surface area contributed by atoms with Crippen LogP contribution in [0, 0.1) is 0 Å². The van der Waals surface area contributed by atoms with Gasteiger partial charge in [0.1, 0.15) is 0 Å². The van der Waals surface area contributed by atoms with Gasteiger partial charge >= 0.3 is 0 Å². The highest BCUT2D eigenvalue weighted by Gasteiger charge is 2.23. The first-order valence-corrected chi connectivity index (χ1v) is 9.97. The van der Waals surface area contributed by atoms with Crippen molar-refractivity contribution in [3.05, 3.63) is 67.0 Å². The lowest BCUT2D eigenvalue weighted by Gasteiger charge is -2.32. The third-order valence-electron chi connectivity index (χ3n) is 4.95. The topological polar surface area (TPSA) is 57.9 Å². The molecule has 0 radical (unpaired) electrons. The molecule has 0 aliphatic carbocycles. The molecule has 0 bridgehead atoms. The van der Waals surface area contributed by atoms with Crippen LogP contribution in [0.1, 0.15) is 6.42 Å². The van der Waals surface area contributed by atoms with E-state index in [0.717, 1.165) is 24.2 Å². The fourth-order valence-corrected chi connectivity index (χ4v) is 4.73. The molecule has 2 aromatic carbocycles. The summed E-state index contributed by atoms with van der Waals surface area (Å²) in [6.07, 6.45) is 4.77. The Morgan fingerprint density at radius 3 is 2.78 bits per heavy atom. The van der Waals surface area contributed by atoms with Crippen LogP contribution in [0.5, 0.6) is 0 Å². The smallest absolute Gasteiger partial charge is 0.0584 e. The summed E-state index contributed by atoms with van der Waals surface area (Å²) in [5, 5.41) is 1.23. The predicted molar refractivity (Wildman–Crippen MR) is 113 cm³/mol. The second-order valence-corrected chi connectivity index (χ2v) is 7.78. The molecule has 0 amide bonds. The number of nitrogens with zero attached hydrogens (tertiary/aromatic N) is 2. The van der Waals surface area contributed by atoms with Gasteiger partial charge in [0.25, 0.3) is 0 Å². The number of rotatable bonds is 4. The fraction of sp³-hybridized carbons (Fsp3) is 0.136. The van der Waals surface area contributed by atoms with Crippen molar-refractivity contribution in [2.75, 3.05) is 18.0 Å². The summed E-state index contributed by atoms with van der Waals surface area (Å²) in [6.45, 7) is 1.60. The number of nitrogens with two attached hydrogens (primary N) is 1. The highest BCUT2D eigenvalue weighted by molar-refractivity contribution is 7.99. The number of hydrogen-bond acceptors (Lipinski definition) is 4. The van der Waals surface area contributed by atoms with Gasteiger partial charge in [0.15, 0.2) is 0 Å². The van der Waals surface area contributed by atoms with Crippen molar-refractivity contribution in [1.29, 1.82) is 0 Å². The van der Waals surface area contributed by atoms with Gasteiger partial charge in [0.05, 0.1) is 16.3 Å². The van der Waals surface area contributed by atoms with E-state index >= 15 is 0 Å². The number of H-pyrrole nitrogens is 1. The standard InChI is InChI=1S/C22H20N4S/c23-9-3-11-26-19-7-6-16(18-12-15-4-1-2-5-17(15)25-18)13-21(19)27-22-14-24-10-8-20(22)26/h1-2,4-8,10,12-14,25H,3,9,11,23H2. The number of benzene rings is 2. The number of aromatic amines is 1. The van der Waals surface area contributed by atoms with Crippen molar-refractivity contribution < 1.29 is 0 Å². The summed E-state index contributed by atoms with van der Waals surface area (Å²) in [6, 6.07) is 19.4. The fourth-order valence-electron chi connectivity index (χ4n) is 3.63.